The number of carbonyl (C=O) groups is 1. The first kappa shape index (κ1) is 18.2. The average Bonchev–Trinajstić information content (AvgIpc) is 2.55. The molecule has 0 spiro atoms. The molecule has 1 atom stereocenters. The summed E-state index contributed by atoms with van der Waals surface area (Å²) in [7, 11) is 1.53. The summed E-state index contributed by atoms with van der Waals surface area (Å²) in [6.07, 6.45) is 0. The highest BCUT2D eigenvalue weighted by molar-refractivity contribution is 6.31. The second-order valence-electron chi connectivity index (χ2n) is 5.32. The van der Waals surface area contributed by atoms with Gasteiger partial charge in [-0.15, -0.1) is 0 Å². The zero-order valence-electron chi connectivity index (χ0n) is 13.8. The van der Waals surface area contributed by atoms with Gasteiger partial charge in [-0.05, 0) is 32.0 Å². The maximum atomic E-state index is 12.7. The predicted octanol–water partition coefficient (Wildman–Crippen LogP) is 1.16. The molecule has 1 aromatic carbocycles. The van der Waals surface area contributed by atoms with Crippen molar-refractivity contribution in [3.63, 3.8) is 0 Å². The number of halogens is 1. The van der Waals surface area contributed by atoms with Crippen molar-refractivity contribution in [2.75, 3.05) is 20.3 Å². The Bertz CT molecular complexity index is 872. The summed E-state index contributed by atoms with van der Waals surface area (Å²) in [5.41, 5.74) is -0.583. The number of ether oxygens (including phenoxy) is 1. The molecular formula is C16H20ClN3O4. The van der Waals surface area contributed by atoms with E-state index in [1.165, 1.54) is 17.7 Å². The van der Waals surface area contributed by atoms with Gasteiger partial charge in [-0.2, -0.15) is 0 Å². The quantitative estimate of drug-likeness (QED) is 0.790. The van der Waals surface area contributed by atoms with Crippen molar-refractivity contribution < 1.29 is 9.53 Å². The lowest BCUT2D eigenvalue weighted by Crippen LogP contribution is -2.44. The predicted molar refractivity (Wildman–Crippen MR) is 92.7 cm³/mol. The first-order valence-corrected chi connectivity index (χ1v) is 8.01. The Morgan fingerprint density at radius 3 is 2.71 bits per heavy atom. The number of carbonyl (C=O) groups excluding carboxylic acids is 1. The number of rotatable bonds is 6. The molecule has 0 fully saturated rings. The summed E-state index contributed by atoms with van der Waals surface area (Å²) in [6, 6.07) is 3.88. The van der Waals surface area contributed by atoms with Gasteiger partial charge in [0, 0.05) is 25.2 Å². The van der Waals surface area contributed by atoms with E-state index in [1.54, 1.807) is 26.0 Å². The van der Waals surface area contributed by atoms with Gasteiger partial charge >= 0.3 is 5.69 Å². The Morgan fingerprint density at radius 1 is 1.38 bits per heavy atom. The Balaban J connectivity index is 2.63. The van der Waals surface area contributed by atoms with Gasteiger partial charge in [-0.1, -0.05) is 11.6 Å². The third-order valence-corrected chi connectivity index (χ3v) is 4.06. The molecule has 1 heterocycles. The molecule has 0 aliphatic heterocycles. The lowest BCUT2D eigenvalue weighted by molar-refractivity contribution is -0.124. The first-order chi connectivity index (χ1) is 11.4. The van der Waals surface area contributed by atoms with Gasteiger partial charge in [0.25, 0.3) is 5.56 Å². The van der Waals surface area contributed by atoms with Crippen LogP contribution >= 0.6 is 11.6 Å². The summed E-state index contributed by atoms with van der Waals surface area (Å²) in [5, 5.41) is 3.43. The number of hydrogen-bond donors (Lipinski definition) is 1. The van der Waals surface area contributed by atoms with E-state index in [9.17, 15) is 14.4 Å². The van der Waals surface area contributed by atoms with Crippen LogP contribution in [-0.4, -0.2) is 35.3 Å². The second kappa shape index (κ2) is 7.63. The molecule has 0 aliphatic rings. The third-order valence-electron chi connectivity index (χ3n) is 3.82. The third kappa shape index (κ3) is 3.37. The van der Waals surface area contributed by atoms with Gasteiger partial charge in [0.1, 0.15) is 6.04 Å². The monoisotopic (exact) mass is 353 g/mol. The van der Waals surface area contributed by atoms with Gasteiger partial charge in [-0.25, -0.2) is 4.79 Å². The molecule has 0 unspecified atom stereocenters. The molecule has 0 radical (unpaired) electrons. The lowest BCUT2D eigenvalue weighted by atomic mass is 10.2. The molecule has 0 bridgehead atoms. The summed E-state index contributed by atoms with van der Waals surface area (Å²) in [4.78, 5) is 37.5. The fraction of sp³-hybridized carbons (Fsp3) is 0.438. The van der Waals surface area contributed by atoms with Crippen LogP contribution in [0.15, 0.2) is 27.8 Å². The summed E-state index contributed by atoms with van der Waals surface area (Å²) in [6.45, 7) is 4.23. The molecule has 2 aromatic rings. The maximum absolute atomic E-state index is 12.7. The molecule has 1 aromatic heterocycles. The number of aromatic nitrogens is 2. The van der Waals surface area contributed by atoms with Crippen molar-refractivity contribution in [3.8, 4) is 0 Å². The van der Waals surface area contributed by atoms with Crippen molar-refractivity contribution in [1.29, 1.82) is 0 Å². The van der Waals surface area contributed by atoms with Crippen LogP contribution in [0.2, 0.25) is 5.02 Å². The standard InChI is InChI=1S/C16H20ClN3O4/c1-4-19-15(22)12-6-5-11(17)9-13(12)20(16(19)23)10(2)14(21)18-7-8-24-3/h5-6,9-10H,4,7-8H2,1-3H3,(H,18,21)/t10-/m1/s1. The minimum Gasteiger partial charge on any atom is -0.383 e. The van der Waals surface area contributed by atoms with E-state index in [0.29, 0.717) is 29.1 Å². The number of methoxy groups -OCH3 is 1. The molecule has 7 nitrogen and oxygen atoms in total. The number of fused-ring (bicyclic) bond motifs is 1. The normalized spacial score (nSPS) is 12.3. The van der Waals surface area contributed by atoms with Crippen LogP contribution in [0.1, 0.15) is 19.9 Å². The minimum absolute atomic E-state index is 0.217. The molecule has 2 rings (SSSR count). The summed E-state index contributed by atoms with van der Waals surface area (Å²) < 4.78 is 7.30. The number of hydrogen-bond acceptors (Lipinski definition) is 4. The van der Waals surface area contributed by atoms with Gasteiger partial charge in [0.2, 0.25) is 5.91 Å². The lowest BCUT2D eigenvalue weighted by Gasteiger charge is -2.19. The van der Waals surface area contributed by atoms with E-state index in [1.807, 2.05) is 0 Å². The molecule has 130 valence electrons. The number of benzene rings is 1. The van der Waals surface area contributed by atoms with Crippen molar-refractivity contribution >= 4 is 28.4 Å². The van der Waals surface area contributed by atoms with Crippen molar-refractivity contribution in [1.82, 2.24) is 14.5 Å². The highest BCUT2D eigenvalue weighted by atomic mass is 35.5. The first-order valence-electron chi connectivity index (χ1n) is 7.63. The van der Waals surface area contributed by atoms with Gasteiger partial charge in [0.15, 0.2) is 0 Å². The maximum Gasteiger partial charge on any atom is 0.332 e. The molecule has 8 heteroatoms. The van der Waals surface area contributed by atoms with Crippen molar-refractivity contribution in [3.05, 3.63) is 44.1 Å². The molecule has 1 N–H and O–H groups in total. The van der Waals surface area contributed by atoms with Gasteiger partial charge in [0.05, 0.1) is 17.5 Å². The Morgan fingerprint density at radius 2 is 2.08 bits per heavy atom. The molecule has 24 heavy (non-hydrogen) atoms. The fourth-order valence-corrected chi connectivity index (χ4v) is 2.71. The molecule has 0 saturated carbocycles. The van der Waals surface area contributed by atoms with Crippen molar-refractivity contribution in [2.45, 2.75) is 26.4 Å². The van der Waals surface area contributed by atoms with E-state index >= 15 is 0 Å². The van der Waals surface area contributed by atoms with Crippen LogP contribution in [0.25, 0.3) is 10.9 Å². The van der Waals surface area contributed by atoms with Crippen molar-refractivity contribution in [2.24, 2.45) is 0 Å². The summed E-state index contributed by atoms with van der Waals surface area (Å²) in [5.74, 6) is -0.336. The molecular weight excluding hydrogens is 334 g/mol. The van der Waals surface area contributed by atoms with Gasteiger partial charge in [-0.3, -0.25) is 18.7 Å². The van der Waals surface area contributed by atoms with E-state index in [0.717, 1.165) is 4.57 Å². The van der Waals surface area contributed by atoms with Gasteiger partial charge < -0.3 is 10.1 Å². The van der Waals surface area contributed by atoms with Crippen LogP contribution in [0.5, 0.6) is 0 Å². The number of amides is 1. The van der Waals surface area contributed by atoms with Crippen LogP contribution in [0.4, 0.5) is 0 Å². The average molecular weight is 354 g/mol. The Labute approximate surface area is 143 Å². The van der Waals surface area contributed by atoms with E-state index in [4.69, 9.17) is 16.3 Å². The van der Waals surface area contributed by atoms with Crippen LogP contribution in [-0.2, 0) is 16.1 Å². The molecule has 0 saturated heterocycles. The highest BCUT2D eigenvalue weighted by Gasteiger charge is 2.21. The SMILES string of the molecule is CCn1c(=O)c2ccc(Cl)cc2n([C@H](C)C(=O)NCCOC)c1=O. The Kier molecular flexibility index (Phi) is 5.80. The molecule has 0 aliphatic carbocycles. The van der Waals surface area contributed by atoms with E-state index < -0.39 is 17.3 Å². The Hall–Kier alpha value is -2.12. The largest absolute Gasteiger partial charge is 0.383 e. The van der Waals surface area contributed by atoms with Crippen LogP contribution in [0, 0.1) is 0 Å². The van der Waals surface area contributed by atoms with Crippen LogP contribution < -0.4 is 16.6 Å². The minimum atomic E-state index is -0.797. The number of nitrogens with one attached hydrogen (secondary N) is 1. The zero-order chi connectivity index (χ0) is 17.9. The second-order valence-corrected chi connectivity index (χ2v) is 5.76. The topological polar surface area (TPSA) is 82.3 Å². The highest BCUT2D eigenvalue weighted by Crippen LogP contribution is 2.18. The zero-order valence-corrected chi connectivity index (χ0v) is 14.6. The van der Waals surface area contributed by atoms with E-state index in [2.05, 4.69) is 5.32 Å². The number of nitrogens with zero attached hydrogens (tertiary/aromatic N) is 2. The van der Waals surface area contributed by atoms with Crippen LogP contribution in [0.3, 0.4) is 0 Å². The fourth-order valence-electron chi connectivity index (χ4n) is 2.54. The summed E-state index contributed by atoms with van der Waals surface area (Å²) >= 11 is 6.01. The molecule has 1 amide bonds. The smallest absolute Gasteiger partial charge is 0.332 e. The van der Waals surface area contributed by atoms with E-state index in [-0.39, 0.29) is 12.5 Å².